The van der Waals surface area contributed by atoms with Gasteiger partial charge in [-0.05, 0) is 43.7 Å². The lowest BCUT2D eigenvalue weighted by Gasteiger charge is -2.15. The molecule has 0 saturated carbocycles. The molecule has 0 unspecified atom stereocenters. The number of amides is 1. The molecule has 2 aromatic carbocycles. The minimum atomic E-state index is -0.264. The first-order chi connectivity index (χ1) is 13.5. The first kappa shape index (κ1) is 20.7. The summed E-state index contributed by atoms with van der Waals surface area (Å²) in [7, 11) is 0. The number of aromatic nitrogens is 3. The van der Waals surface area contributed by atoms with Gasteiger partial charge in [0.05, 0.1) is 16.1 Å². The lowest BCUT2D eigenvalue weighted by molar-refractivity contribution is 0.0937. The first-order valence-corrected chi connectivity index (χ1v) is 10.6. The van der Waals surface area contributed by atoms with Crippen LogP contribution >= 0.6 is 35.0 Å². The van der Waals surface area contributed by atoms with Crippen LogP contribution in [0, 0.1) is 0 Å². The van der Waals surface area contributed by atoms with E-state index in [0.29, 0.717) is 27.9 Å². The zero-order valence-electron chi connectivity index (χ0n) is 15.5. The van der Waals surface area contributed by atoms with E-state index in [0.717, 1.165) is 16.5 Å². The molecular weight excluding hydrogens is 415 g/mol. The van der Waals surface area contributed by atoms with Crippen LogP contribution in [0.5, 0.6) is 0 Å². The summed E-state index contributed by atoms with van der Waals surface area (Å²) in [6, 6.07) is 14.4. The summed E-state index contributed by atoms with van der Waals surface area (Å²) < 4.78 is 2.01. The van der Waals surface area contributed by atoms with Crippen LogP contribution in [0.4, 0.5) is 0 Å². The van der Waals surface area contributed by atoms with Gasteiger partial charge in [0.2, 0.25) is 0 Å². The van der Waals surface area contributed by atoms with Crippen molar-refractivity contribution in [2.45, 2.75) is 37.3 Å². The molecule has 0 fully saturated rings. The Kier molecular flexibility index (Phi) is 6.99. The van der Waals surface area contributed by atoms with E-state index in [1.807, 2.05) is 48.7 Å². The molecule has 146 valence electrons. The summed E-state index contributed by atoms with van der Waals surface area (Å²) >= 11 is 13.6. The molecule has 5 nitrogen and oxygen atoms in total. The third-order valence-electron chi connectivity index (χ3n) is 4.18. The number of hydrogen-bond donors (Lipinski definition) is 1. The van der Waals surface area contributed by atoms with Gasteiger partial charge in [-0.2, -0.15) is 0 Å². The van der Waals surface area contributed by atoms with Crippen molar-refractivity contribution in [2.75, 3.05) is 0 Å². The van der Waals surface area contributed by atoms with Gasteiger partial charge in [0.15, 0.2) is 11.0 Å². The topological polar surface area (TPSA) is 59.8 Å². The highest BCUT2D eigenvalue weighted by Crippen LogP contribution is 2.28. The largest absolute Gasteiger partial charge is 0.342 e. The van der Waals surface area contributed by atoms with Crippen molar-refractivity contribution in [3.05, 3.63) is 75.5 Å². The summed E-state index contributed by atoms with van der Waals surface area (Å²) in [6.07, 6.45) is 0. The van der Waals surface area contributed by atoms with Crippen LogP contribution in [0.15, 0.2) is 53.7 Å². The van der Waals surface area contributed by atoms with E-state index in [4.69, 9.17) is 23.2 Å². The van der Waals surface area contributed by atoms with Crippen LogP contribution in [0.3, 0.4) is 0 Å². The van der Waals surface area contributed by atoms with Crippen molar-refractivity contribution >= 4 is 40.9 Å². The highest BCUT2D eigenvalue weighted by Gasteiger charge is 2.19. The second-order valence-corrected chi connectivity index (χ2v) is 7.94. The lowest BCUT2D eigenvalue weighted by Crippen LogP contribution is -2.28. The van der Waals surface area contributed by atoms with Crippen LogP contribution in [0.25, 0.3) is 0 Å². The number of carbonyl (C=O) groups is 1. The summed E-state index contributed by atoms with van der Waals surface area (Å²) in [5, 5.41) is 13.5. The van der Waals surface area contributed by atoms with E-state index in [9.17, 15) is 4.79 Å². The molecule has 0 aliphatic rings. The van der Waals surface area contributed by atoms with Gasteiger partial charge >= 0.3 is 0 Å². The Balaban J connectivity index is 1.70. The Hall–Kier alpha value is -2.02. The molecule has 0 aliphatic heterocycles. The Bertz CT molecular complexity index is 962. The Labute approximate surface area is 178 Å². The molecule has 1 amide bonds. The molecule has 1 atom stereocenters. The number of hydrogen-bond acceptors (Lipinski definition) is 4. The standard InChI is InChI=1S/C20H20Cl2N4OS/c1-3-26-18(13(2)23-19(27)15-7-5-4-6-8-15)24-25-20(26)28-12-14-9-10-16(21)17(22)11-14/h4-11,13H,3,12H2,1-2H3,(H,23,27)/t13-/m1/s1. The third kappa shape index (κ3) is 4.87. The molecule has 0 aliphatic carbocycles. The van der Waals surface area contributed by atoms with Gasteiger partial charge in [-0.1, -0.05) is 59.2 Å². The molecule has 0 radical (unpaired) electrons. The molecule has 0 spiro atoms. The predicted molar refractivity (Wildman–Crippen MR) is 114 cm³/mol. The third-order valence-corrected chi connectivity index (χ3v) is 5.96. The number of benzene rings is 2. The van der Waals surface area contributed by atoms with Crippen molar-refractivity contribution in [2.24, 2.45) is 0 Å². The highest BCUT2D eigenvalue weighted by atomic mass is 35.5. The number of halogens is 2. The number of thioether (sulfide) groups is 1. The van der Waals surface area contributed by atoms with Gasteiger partial charge in [0, 0.05) is 17.9 Å². The quantitative estimate of drug-likeness (QED) is 0.506. The maximum Gasteiger partial charge on any atom is 0.251 e. The first-order valence-electron chi connectivity index (χ1n) is 8.85. The van der Waals surface area contributed by atoms with Crippen molar-refractivity contribution in [3.63, 3.8) is 0 Å². The molecule has 1 heterocycles. The number of carbonyl (C=O) groups excluding carboxylic acids is 1. The van der Waals surface area contributed by atoms with Gasteiger partial charge in [0.25, 0.3) is 5.91 Å². The maximum atomic E-state index is 12.4. The van der Waals surface area contributed by atoms with E-state index >= 15 is 0 Å². The number of nitrogens with zero attached hydrogens (tertiary/aromatic N) is 3. The van der Waals surface area contributed by atoms with Gasteiger partial charge < -0.3 is 9.88 Å². The molecular formula is C20H20Cl2N4OS. The van der Waals surface area contributed by atoms with Gasteiger partial charge in [-0.3, -0.25) is 4.79 Å². The lowest BCUT2D eigenvalue weighted by atomic mass is 10.2. The average molecular weight is 435 g/mol. The molecule has 0 saturated heterocycles. The van der Waals surface area contributed by atoms with Gasteiger partial charge in [-0.25, -0.2) is 0 Å². The zero-order valence-corrected chi connectivity index (χ0v) is 17.9. The van der Waals surface area contributed by atoms with Crippen LogP contribution in [0.1, 0.15) is 41.6 Å². The Morgan fingerprint density at radius 3 is 2.57 bits per heavy atom. The van der Waals surface area contributed by atoms with Crippen molar-refractivity contribution < 1.29 is 4.79 Å². The smallest absolute Gasteiger partial charge is 0.251 e. The van der Waals surface area contributed by atoms with Crippen LogP contribution < -0.4 is 5.32 Å². The van der Waals surface area contributed by atoms with Crippen LogP contribution in [-0.2, 0) is 12.3 Å². The molecule has 8 heteroatoms. The Morgan fingerprint density at radius 1 is 1.14 bits per heavy atom. The second-order valence-electron chi connectivity index (χ2n) is 6.18. The van der Waals surface area contributed by atoms with Gasteiger partial charge in [-0.15, -0.1) is 10.2 Å². The van der Waals surface area contributed by atoms with Crippen molar-refractivity contribution in [1.82, 2.24) is 20.1 Å². The summed E-state index contributed by atoms with van der Waals surface area (Å²) in [6.45, 7) is 4.64. The Morgan fingerprint density at radius 2 is 1.89 bits per heavy atom. The van der Waals surface area contributed by atoms with E-state index in [1.54, 1.807) is 30.0 Å². The molecule has 3 aromatic rings. The highest BCUT2D eigenvalue weighted by molar-refractivity contribution is 7.98. The van der Waals surface area contributed by atoms with Crippen molar-refractivity contribution in [3.8, 4) is 0 Å². The fourth-order valence-electron chi connectivity index (χ4n) is 2.74. The van der Waals surface area contributed by atoms with E-state index in [2.05, 4.69) is 15.5 Å². The predicted octanol–water partition coefficient (Wildman–Crippen LogP) is 5.39. The maximum absolute atomic E-state index is 12.4. The van der Waals surface area contributed by atoms with Crippen LogP contribution in [0.2, 0.25) is 10.0 Å². The van der Waals surface area contributed by atoms with Gasteiger partial charge in [0.1, 0.15) is 0 Å². The van der Waals surface area contributed by atoms with E-state index < -0.39 is 0 Å². The molecule has 0 bridgehead atoms. The summed E-state index contributed by atoms with van der Waals surface area (Å²) in [4.78, 5) is 12.4. The van der Waals surface area contributed by atoms with Crippen molar-refractivity contribution in [1.29, 1.82) is 0 Å². The summed E-state index contributed by atoms with van der Waals surface area (Å²) in [5.74, 6) is 1.28. The monoisotopic (exact) mass is 434 g/mol. The minimum absolute atomic E-state index is 0.135. The molecule has 28 heavy (non-hydrogen) atoms. The summed E-state index contributed by atoms with van der Waals surface area (Å²) in [5.41, 5.74) is 1.67. The SMILES string of the molecule is CCn1c(SCc2ccc(Cl)c(Cl)c2)nnc1[C@@H](C)NC(=O)c1ccccc1. The number of rotatable bonds is 7. The molecule has 3 rings (SSSR count). The fourth-order valence-corrected chi connectivity index (χ4v) is 4.01. The fraction of sp³-hybridized carbons (Fsp3) is 0.250. The normalized spacial score (nSPS) is 12.0. The molecule has 1 aromatic heterocycles. The second kappa shape index (κ2) is 9.45. The van der Waals surface area contributed by atoms with E-state index in [1.165, 1.54) is 0 Å². The van der Waals surface area contributed by atoms with E-state index in [-0.39, 0.29) is 11.9 Å². The van der Waals surface area contributed by atoms with Crippen LogP contribution in [-0.4, -0.2) is 20.7 Å². The number of nitrogens with one attached hydrogen (secondary N) is 1. The zero-order chi connectivity index (χ0) is 20.1. The molecule has 1 N–H and O–H groups in total. The average Bonchev–Trinajstić information content (AvgIpc) is 3.12. The minimum Gasteiger partial charge on any atom is -0.342 e.